The van der Waals surface area contributed by atoms with Gasteiger partial charge in [0.15, 0.2) is 11.6 Å². The summed E-state index contributed by atoms with van der Waals surface area (Å²) in [7, 11) is 0. The maximum atomic E-state index is 15.1. The van der Waals surface area contributed by atoms with Gasteiger partial charge in [-0.1, -0.05) is 86.5 Å². The van der Waals surface area contributed by atoms with Gasteiger partial charge in [0, 0.05) is 11.1 Å². The van der Waals surface area contributed by atoms with Gasteiger partial charge in [0.2, 0.25) is 0 Å². The summed E-state index contributed by atoms with van der Waals surface area (Å²) in [5.74, 6) is -1.14. The summed E-state index contributed by atoms with van der Waals surface area (Å²) in [6.07, 6.45) is 15.5. The number of aryl methyl sites for hydroxylation is 1. The third kappa shape index (κ3) is 6.63. The Kier molecular flexibility index (Phi) is 9.44. The van der Waals surface area contributed by atoms with Crippen LogP contribution in [0.3, 0.4) is 0 Å². The molecule has 0 saturated carbocycles. The Labute approximate surface area is 219 Å². The normalized spacial score (nSPS) is 15.8. The van der Waals surface area contributed by atoms with E-state index in [-0.39, 0.29) is 11.4 Å². The van der Waals surface area contributed by atoms with Crippen LogP contribution < -0.4 is 0 Å². The maximum absolute atomic E-state index is 15.1. The van der Waals surface area contributed by atoms with Crippen molar-refractivity contribution in [3.8, 4) is 22.3 Å². The van der Waals surface area contributed by atoms with Crippen LogP contribution in [0, 0.1) is 23.4 Å². The first-order valence-electron chi connectivity index (χ1n) is 13.7. The first-order chi connectivity index (χ1) is 18.0. The van der Waals surface area contributed by atoms with Crippen molar-refractivity contribution in [1.29, 1.82) is 0 Å². The lowest BCUT2D eigenvalue weighted by atomic mass is 9.84. The topological polar surface area (TPSA) is 0 Å². The lowest BCUT2D eigenvalue weighted by Gasteiger charge is -2.22. The first-order valence-corrected chi connectivity index (χ1v) is 13.7. The Hall–Kier alpha value is -3.07. The average molecular weight is 503 g/mol. The fraction of sp³-hybridized carbons (Fsp3) is 0.353. The highest BCUT2D eigenvalue weighted by Gasteiger charge is 2.17. The van der Waals surface area contributed by atoms with E-state index in [1.165, 1.54) is 12.0 Å². The Balaban J connectivity index is 1.47. The number of hydrogen-bond acceptors (Lipinski definition) is 0. The van der Waals surface area contributed by atoms with Gasteiger partial charge in [-0.3, -0.25) is 0 Å². The van der Waals surface area contributed by atoms with Crippen LogP contribution in [0.2, 0.25) is 0 Å². The Morgan fingerprint density at radius 2 is 1.54 bits per heavy atom. The number of allylic oxidation sites excluding steroid dienone is 4. The Morgan fingerprint density at radius 3 is 2.19 bits per heavy atom. The molecule has 0 nitrogen and oxygen atoms in total. The van der Waals surface area contributed by atoms with Gasteiger partial charge in [-0.15, -0.1) is 0 Å². The standard InChI is InChI=1S/C34H37F3/c1-3-5-7-9-24-11-13-25(14-12-24)29-20-21-30(32(35)23-29)26-15-17-27(18-16-26)31-22-19-28(10-8-6-4-2)33(36)34(31)37/h3,5,13,15-24H,4,6-12,14H2,1-2H3. The van der Waals surface area contributed by atoms with Crippen molar-refractivity contribution < 1.29 is 13.2 Å². The average Bonchev–Trinajstić information content (AvgIpc) is 2.92. The van der Waals surface area contributed by atoms with Crippen LogP contribution in [0.5, 0.6) is 0 Å². The summed E-state index contributed by atoms with van der Waals surface area (Å²) in [5, 5.41) is 0. The third-order valence-corrected chi connectivity index (χ3v) is 7.56. The molecule has 0 radical (unpaired) electrons. The summed E-state index contributed by atoms with van der Waals surface area (Å²) in [5.41, 5.74) is 4.62. The van der Waals surface area contributed by atoms with Gasteiger partial charge >= 0.3 is 0 Å². The van der Waals surface area contributed by atoms with Crippen LogP contribution in [0.4, 0.5) is 13.2 Å². The highest BCUT2D eigenvalue weighted by Crippen LogP contribution is 2.35. The molecule has 1 aliphatic carbocycles. The van der Waals surface area contributed by atoms with E-state index in [9.17, 15) is 8.78 Å². The van der Waals surface area contributed by atoms with Gasteiger partial charge in [-0.2, -0.15) is 0 Å². The minimum atomic E-state index is -0.817. The van der Waals surface area contributed by atoms with Crippen LogP contribution in [-0.4, -0.2) is 0 Å². The van der Waals surface area contributed by atoms with E-state index in [0.717, 1.165) is 50.5 Å². The summed E-state index contributed by atoms with van der Waals surface area (Å²) in [6.45, 7) is 4.14. The molecule has 0 saturated heterocycles. The predicted octanol–water partition coefficient (Wildman–Crippen LogP) is 10.7. The van der Waals surface area contributed by atoms with Gasteiger partial charge in [0.1, 0.15) is 5.82 Å². The highest BCUT2D eigenvalue weighted by atomic mass is 19.2. The van der Waals surface area contributed by atoms with Crippen LogP contribution in [0.25, 0.3) is 27.8 Å². The number of hydrogen-bond donors (Lipinski definition) is 0. The van der Waals surface area contributed by atoms with E-state index < -0.39 is 11.6 Å². The second-order valence-corrected chi connectivity index (χ2v) is 10.1. The third-order valence-electron chi connectivity index (χ3n) is 7.56. The molecule has 0 bridgehead atoms. The largest absolute Gasteiger partial charge is 0.206 e. The van der Waals surface area contributed by atoms with Crippen molar-refractivity contribution in [3.63, 3.8) is 0 Å². The zero-order valence-electron chi connectivity index (χ0n) is 22.0. The molecule has 3 aromatic rings. The van der Waals surface area contributed by atoms with Crippen molar-refractivity contribution in [2.75, 3.05) is 0 Å². The summed E-state index contributed by atoms with van der Waals surface area (Å²) in [6, 6.07) is 15.8. The lowest BCUT2D eigenvalue weighted by Crippen LogP contribution is -2.05. The number of rotatable bonds is 10. The Morgan fingerprint density at radius 1 is 0.838 bits per heavy atom. The highest BCUT2D eigenvalue weighted by molar-refractivity contribution is 5.74. The van der Waals surface area contributed by atoms with E-state index in [1.54, 1.807) is 42.5 Å². The monoisotopic (exact) mass is 502 g/mol. The molecule has 0 amide bonds. The van der Waals surface area contributed by atoms with E-state index in [0.29, 0.717) is 34.6 Å². The smallest absolute Gasteiger partial charge is 0.166 e. The van der Waals surface area contributed by atoms with Gasteiger partial charge in [0.05, 0.1) is 0 Å². The Bertz CT molecular complexity index is 1250. The van der Waals surface area contributed by atoms with Crippen LogP contribution in [0.15, 0.2) is 72.8 Å². The fourth-order valence-corrected chi connectivity index (χ4v) is 5.26. The number of benzene rings is 3. The SMILES string of the molecule is CC=CCCC1CC=C(c2ccc(-c3ccc(-c4ccc(CCCCC)c(F)c4F)cc3)c(F)c2)CC1. The summed E-state index contributed by atoms with van der Waals surface area (Å²) < 4.78 is 44.6. The van der Waals surface area contributed by atoms with E-state index in [2.05, 4.69) is 32.1 Å². The van der Waals surface area contributed by atoms with Crippen LogP contribution >= 0.6 is 0 Å². The molecule has 37 heavy (non-hydrogen) atoms. The van der Waals surface area contributed by atoms with Crippen molar-refractivity contribution in [2.45, 2.75) is 71.6 Å². The molecule has 4 rings (SSSR count). The second kappa shape index (κ2) is 12.9. The fourth-order valence-electron chi connectivity index (χ4n) is 5.26. The van der Waals surface area contributed by atoms with Crippen molar-refractivity contribution in [2.24, 2.45) is 5.92 Å². The minimum absolute atomic E-state index is 0.229. The van der Waals surface area contributed by atoms with Gasteiger partial charge in [-0.05, 0) is 91.7 Å². The molecule has 194 valence electrons. The van der Waals surface area contributed by atoms with E-state index in [1.807, 2.05) is 12.1 Å². The van der Waals surface area contributed by atoms with Crippen molar-refractivity contribution >= 4 is 5.57 Å². The quantitative estimate of drug-likeness (QED) is 0.191. The summed E-state index contributed by atoms with van der Waals surface area (Å²) in [4.78, 5) is 0. The van der Waals surface area contributed by atoms with Crippen LogP contribution in [0.1, 0.15) is 76.3 Å². The minimum Gasteiger partial charge on any atom is -0.206 e. The molecule has 0 N–H and O–H groups in total. The van der Waals surface area contributed by atoms with Gasteiger partial charge in [-0.25, -0.2) is 13.2 Å². The van der Waals surface area contributed by atoms with Gasteiger partial charge in [0.25, 0.3) is 0 Å². The molecule has 0 heterocycles. The molecule has 1 aliphatic rings. The maximum Gasteiger partial charge on any atom is 0.166 e. The molecule has 3 aromatic carbocycles. The van der Waals surface area contributed by atoms with E-state index in [4.69, 9.17) is 0 Å². The molecule has 0 spiro atoms. The number of halogens is 3. The molecule has 0 aliphatic heterocycles. The van der Waals surface area contributed by atoms with E-state index >= 15 is 4.39 Å². The predicted molar refractivity (Wildman–Crippen MR) is 150 cm³/mol. The molecule has 1 atom stereocenters. The lowest BCUT2D eigenvalue weighted by molar-refractivity contribution is 0.454. The van der Waals surface area contributed by atoms with Gasteiger partial charge < -0.3 is 0 Å². The van der Waals surface area contributed by atoms with Crippen molar-refractivity contribution in [3.05, 3.63) is 101 Å². The number of unbranched alkanes of at least 4 members (excludes halogenated alkanes) is 2. The molecule has 0 fully saturated rings. The molecule has 3 heteroatoms. The zero-order chi connectivity index (χ0) is 26.2. The second-order valence-electron chi connectivity index (χ2n) is 10.1. The summed E-state index contributed by atoms with van der Waals surface area (Å²) >= 11 is 0. The van der Waals surface area contributed by atoms with Crippen LogP contribution in [-0.2, 0) is 6.42 Å². The molecular weight excluding hydrogens is 465 g/mol. The first kappa shape index (κ1) is 27.0. The molecule has 0 aromatic heterocycles. The molecular formula is C34H37F3. The molecule has 1 unspecified atom stereocenters. The zero-order valence-corrected chi connectivity index (χ0v) is 22.0. The van der Waals surface area contributed by atoms with Crippen molar-refractivity contribution in [1.82, 2.24) is 0 Å².